The van der Waals surface area contributed by atoms with E-state index in [4.69, 9.17) is 5.26 Å². The van der Waals surface area contributed by atoms with Gasteiger partial charge in [0.25, 0.3) is 0 Å². The van der Waals surface area contributed by atoms with Gasteiger partial charge >= 0.3 is 0 Å². The first-order valence-electron chi connectivity index (χ1n) is 4.34. The van der Waals surface area contributed by atoms with E-state index in [1.165, 1.54) is 0 Å². The Hall–Kier alpha value is -1.29. The summed E-state index contributed by atoms with van der Waals surface area (Å²) in [5.74, 6) is 0. The maximum absolute atomic E-state index is 7.92. The Balaban J connectivity index is 0.000000226. The fourth-order valence-corrected chi connectivity index (χ4v) is 0.682. The van der Waals surface area contributed by atoms with E-state index < -0.39 is 0 Å². The summed E-state index contributed by atoms with van der Waals surface area (Å²) >= 11 is 0. The number of hydrogen-bond acceptors (Lipinski definition) is 1. The van der Waals surface area contributed by atoms with Crippen LogP contribution in [0.25, 0.3) is 0 Å². The monoisotopic (exact) mass is 173 g/mol. The normalized spacial score (nSPS) is 8.08. The predicted octanol–water partition coefficient (Wildman–Crippen LogP) is 3.38. The molecule has 0 aliphatic heterocycles. The largest absolute Gasteiger partial charge is 0.198 e. The van der Waals surface area contributed by atoms with Gasteiger partial charge < -0.3 is 0 Å². The van der Waals surface area contributed by atoms with Gasteiger partial charge in [-0.15, -0.1) is 0 Å². The Morgan fingerprint density at radius 2 is 1.85 bits per heavy atom. The smallest absolute Gasteiger partial charge is 0.0621 e. The zero-order valence-corrected chi connectivity index (χ0v) is 7.87. The summed E-state index contributed by atoms with van der Waals surface area (Å²) in [6.07, 6.45) is 2.48. The molecule has 0 bridgehead atoms. The molecule has 0 saturated heterocycles. The van der Waals surface area contributed by atoms with Crippen LogP contribution in [0.3, 0.4) is 0 Å². The molecule has 0 unspecified atom stereocenters. The van der Waals surface area contributed by atoms with Gasteiger partial charge in [0.15, 0.2) is 0 Å². The van der Waals surface area contributed by atoms with Gasteiger partial charge in [0, 0.05) is 6.42 Å². The number of hydrogen-bond donors (Lipinski definition) is 0. The fourth-order valence-electron chi connectivity index (χ4n) is 0.682. The van der Waals surface area contributed by atoms with E-state index in [0.717, 1.165) is 18.4 Å². The van der Waals surface area contributed by atoms with Crippen molar-refractivity contribution in [3.63, 3.8) is 0 Å². The molecule has 1 heteroatoms. The van der Waals surface area contributed by atoms with E-state index in [-0.39, 0.29) is 0 Å². The minimum absolute atomic E-state index is 0.656. The van der Waals surface area contributed by atoms with Crippen LogP contribution in [-0.4, -0.2) is 0 Å². The zero-order valence-electron chi connectivity index (χ0n) is 7.87. The zero-order chi connectivity index (χ0) is 9.94. The van der Waals surface area contributed by atoms with Gasteiger partial charge in [-0.1, -0.05) is 43.7 Å². The molecule has 1 rings (SSSR count). The highest BCUT2D eigenvalue weighted by Gasteiger charge is 1.74. The first-order valence-corrected chi connectivity index (χ1v) is 4.34. The van der Waals surface area contributed by atoms with E-state index in [9.17, 15) is 0 Å². The molecule has 0 aliphatic carbocycles. The highest BCUT2D eigenvalue weighted by molar-refractivity contribution is 5.16. The first-order chi connectivity index (χ1) is 6.31. The summed E-state index contributed by atoms with van der Waals surface area (Å²) < 4.78 is 0. The molecule has 0 fully saturated rings. The number of nitriles is 1. The lowest BCUT2D eigenvalue weighted by Gasteiger charge is -1.82. The van der Waals surface area contributed by atoms with Crippen molar-refractivity contribution in [3.05, 3.63) is 49.7 Å². The van der Waals surface area contributed by atoms with Crippen LogP contribution < -0.4 is 0 Å². The van der Waals surface area contributed by atoms with E-state index in [0.29, 0.717) is 6.42 Å². The van der Waals surface area contributed by atoms with Crippen molar-refractivity contribution in [1.29, 1.82) is 5.26 Å². The highest BCUT2D eigenvalue weighted by Crippen LogP contribution is 1.92. The Bertz CT molecular complexity index is 233. The van der Waals surface area contributed by atoms with E-state index >= 15 is 0 Å². The van der Waals surface area contributed by atoms with E-state index in [1.807, 2.05) is 36.4 Å². The average Bonchev–Trinajstić information content (AvgIpc) is 2.17. The molecule has 68 valence electrons. The van der Waals surface area contributed by atoms with Crippen molar-refractivity contribution in [2.24, 2.45) is 0 Å². The molecule has 0 atom stereocenters. The molecular formula is C12H15N. The summed E-state index contributed by atoms with van der Waals surface area (Å²) in [7, 11) is 0. The third kappa shape index (κ3) is 8.62. The maximum atomic E-state index is 7.92. The van der Waals surface area contributed by atoms with Crippen LogP contribution in [0.5, 0.6) is 0 Å². The number of unbranched alkanes of at least 4 members (excludes halogenated alkanes) is 2. The second-order valence-electron chi connectivity index (χ2n) is 2.60. The molecule has 13 heavy (non-hydrogen) atoms. The Labute approximate surface area is 81.0 Å². The summed E-state index contributed by atoms with van der Waals surface area (Å²) in [5.41, 5.74) is 1.07. The molecule has 0 heterocycles. The lowest BCUT2D eigenvalue weighted by Crippen LogP contribution is -1.63. The van der Waals surface area contributed by atoms with Crippen molar-refractivity contribution in [1.82, 2.24) is 0 Å². The van der Waals surface area contributed by atoms with Crippen molar-refractivity contribution >= 4 is 0 Å². The SMILES string of the molecule is [CH2]CCCC#N.[CH2]c1ccccc1. The lowest BCUT2D eigenvalue weighted by atomic mass is 10.2. The molecule has 0 N–H and O–H groups in total. The molecule has 1 nitrogen and oxygen atoms in total. The van der Waals surface area contributed by atoms with Gasteiger partial charge in [0.1, 0.15) is 0 Å². The van der Waals surface area contributed by atoms with Crippen molar-refractivity contribution < 1.29 is 0 Å². The standard InChI is InChI=1S/C7H7.C5H8N/c1-7-5-3-2-4-6-7;1-2-3-4-5-6/h2-6H,1H2;1-4H2. The molecular weight excluding hydrogens is 158 g/mol. The van der Waals surface area contributed by atoms with Crippen molar-refractivity contribution in [2.45, 2.75) is 19.3 Å². The van der Waals surface area contributed by atoms with Crippen molar-refractivity contribution in [2.75, 3.05) is 0 Å². The van der Waals surface area contributed by atoms with E-state index in [2.05, 4.69) is 13.8 Å². The Kier molecular flexibility index (Phi) is 7.93. The Morgan fingerprint density at radius 3 is 2.08 bits per heavy atom. The molecule has 2 radical (unpaired) electrons. The first kappa shape index (κ1) is 11.7. The third-order valence-electron chi connectivity index (χ3n) is 1.38. The Morgan fingerprint density at radius 1 is 1.23 bits per heavy atom. The second kappa shape index (κ2) is 8.80. The number of nitrogens with zero attached hydrogens (tertiary/aromatic N) is 1. The van der Waals surface area contributed by atoms with Crippen LogP contribution in [-0.2, 0) is 0 Å². The van der Waals surface area contributed by atoms with Gasteiger partial charge in [0.05, 0.1) is 6.07 Å². The van der Waals surface area contributed by atoms with Crippen LogP contribution in [0.15, 0.2) is 30.3 Å². The topological polar surface area (TPSA) is 23.8 Å². The fraction of sp³-hybridized carbons (Fsp3) is 0.250. The minimum Gasteiger partial charge on any atom is -0.198 e. The lowest BCUT2D eigenvalue weighted by molar-refractivity contribution is 0.874. The van der Waals surface area contributed by atoms with Crippen LogP contribution in [0.1, 0.15) is 24.8 Å². The highest BCUT2D eigenvalue weighted by atomic mass is 14.2. The maximum Gasteiger partial charge on any atom is 0.0621 e. The van der Waals surface area contributed by atoms with Crippen LogP contribution in [0.4, 0.5) is 0 Å². The molecule has 0 aliphatic rings. The number of benzene rings is 1. The van der Waals surface area contributed by atoms with Crippen LogP contribution in [0, 0.1) is 25.2 Å². The summed E-state index contributed by atoms with van der Waals surface area (Å²) in [4.78, 5) is 0. The third-order valence-corrected chi connectivity index (χ3v) is 1.38. The van der Waals surface area contributed by atoms with Crippen LogP contribution in [0.2, 0.25) is 0 Å². The van der Waals surface area contributed by atoms with E-state index in [1.54, 1.807) is 0 Å². The molecule has 0 aromatic heterocycles. The summed E-state index contributed by atoms with van der Waals surface area (Å²) in [6.45, 7) is 7.29. The van der Waals surface area contributed by atoms with Gasteiger partial charge in [-0.3, -0.25) is 0 Å². The minimum atomic E-state index is 0.656. The summed E-state index contributed by atoms with van der Waals surface area (Å²) in [6, 6.07) is 11.9. The van der Waals surface area contributed by atoms with Gasteiger partial charge in [-0.25, -0.2) is 0 Å². The second-order valence-corrected chi connectivity index (χ2v) is 2.60. The van der Waals surface area contributed by atoms with Gasteiger partial charge in [-0.2, -0.15) is 5.26 Å². The predicted molar refractivity (Wildman–Crippen MR) is 55.7 cm³/mol. The van der Waals surface area contributed by atoms with Crippen molar-refractivity contribution in [3.8, 4) is 6.07 Å². The summed E-state index contributed by atoms with van der Waals surface area (Å²) in [5, 5.41) is 7.92. The molecule has 0 saturated carbocycles. The molecule has 0 spiro atoms. The molecule has 1 aromatic rings. The van der Waals surface area contributed by atoms with Crippen LogP contribution >= 0.6 is 0 Å². The number of rotatable bonds is 2. The van der Waals surface area contributed by atoms with Gasteiger partial charge in [-0.05, 0) is 18.9 Å². The quantitative estimate of drug-likeness (QED) is 0.629. The molecule has 1 aromatic carbocycles. The molecule has 0 amide bonds. The average molecular weight is 173 g/mol. The van der Waals surface area contributed by atoms with Gasteiger partial charge in [0.2, 0.25) is 0 Å².